The smallest absolute Gasteiger partial charge is 0.328 e. The average Bonchev–Trinajstić information content (AvgIpc) is 2.36. The van der Waals surface area contributed by atoms with Gasteiger partial charge in [-0.15, -0.1) is 0 Å². The highest BCUT2D eigenvalue weighted by atomic mass is 16.5. The van der Waals surface area contributed by atoms with Crippen molar-refractivity contribution >= 4 is 17.8 Å². The predicted molar refractivity (Wildman–Crippen MR) is 64.7 cm³/mol. The van der Waals surface area contributed by atoms with E-state index in [1.165, 1.54) is 11.8 Å². The molecule has 1 N–H and O–H groups in total. The SMILES string of the molecule is CCOC(=O)C1CCCCN1C(=O)CNC(C)=O. The summed E-state index contributed by atoms with van der Waals surface area (Å²) in [6.07, 6.45) is 2.42. The molecule has 2 amide bonds. The van der Waals surface area contributed by atoms with Crippen LogP contribution in [0, 0.1) is 0 Å². The lowest BCUT2D eigenvalue weighted by atomic mass is 10.0. The molecule has 102 valence electrons. The van der Waals surface area contributed by atoms with Crippen LogP contribution < -0.4 is 5.32 Å². The predicted octanol–water partition coefficient (Wildman–Crippen LogP) is 0.0667. The zero-order chi connectivity index (χ0) is 13.5. The number of esters is 1. The molecule has 0 aromatic rings. The Morgan fingerprint density at radius 3 is 2.67 bits per heavy atom. The molecule has 0 aromatic carbocycles. The fourth-order valence-corrected chi connectivity index (χ4v) is 2.02. The van der Waals surface area contributed by atoms with Crippen molar-refractivity contribution in [3.63, 3.8) is 0 Å². The Morgan fingerprint density at radius 2 is 2.06 bits per heavy atom. The van der Waals surface area contributed by atoms with Gasteiger partial charge in [0.15, 0.2) is 0 Å². The molecule has 1 unspecified atom stereocenters. The first-order valence-electron chi connectivity index (χ1n) is 6.26. The van der Waals surface area contributed by atoms with E-state index in [0.29, 0.717) is 19.6 Å². The van der Waals surface area contributed by atoms with Gasteiger partial charge in [-0.3, -0.25) is 9.59 Å². The van der Waals surface area contributed by atoms with Crippen LogP contribution in [0.2, 0.25) is 0 Å². The lowest BCUT2D eigenvalue weighted by Crippen LogP contribution is -2.51. The summed E-state index contributed by atoms with van der Waals surface area (Å²) in [4.78, 5) is 36.0. The third-order valence-electron chi connectivity index (χ3n) is 2.87. The highest BCUT2D eigenvalue weighted by Gasteiger charge is 2.32. The molecular weight excluding hydrogens is 236 g/mol. The van der Waals surface area contributed by atoms with E-state index < -0.39 is 6.04 Å². The van der Waals surface area contributed by atoms with Crippen molar-refractivity contribution in [2.75, 3.05) is 19.7 Å². The summed E-state index contributed by atoms with van der Waals surface area (Å²) in [5, 5.41) is 2.45. The largest absolute Gasteiger partial charge is 0.464 e. The molecule has 0 aliphatic carbocycles. The van der Waals surface area contributed by atoms with Crippen LogP contribution in [0.4, 0.5) is 0 Å². The van der Waals surface area contributed by atoms with Crippen LogP contribution in [-0.2, 0) is 19.1 Å². The molecule has 6 nitrogen and oxygen atoms in total. The quantitative estimate of drug-likeness (QED) is 0.722. The third kappa shape index (κ3) is 4.01. The van der Waals surface area contributed by atoms with Crippen LogP contribution in [0.1, 0.15) is 33.1 Å². The number of nitrogens with zero attached hydrogens (tertiary/aromatic N) is 1. The number of nitrogens with one attached hydrogen (secondary N) is 1. The number of hydrogen-bond donors (Lipinski definition) is 1. The Hall–Kier alpha value is -1.59. The molecular formula is C12H20N2O4. The molecule has 1 atom stereocenters. The highest BCUT2D eigenvalue weighted by Crippen LogP contribution is 2.18. The standard InChI is InChI=1S/C12H20N2O4/c1-3-18-12(17)10-6-4-5-7-14(10)11(16)8-13-9(2)15/h10H,3-8H2,1-2H3,(H,13,15). The summed E-state index contributed by atoms with van der Waals surface area (Å²) >= 11 is 0. The summed E-state index contributed by atoms with van der Waals surface area (Å²) in [6.45, 7) is 3.88. The number of ether oxygens (including phenoxy) is 1. The van der Waals surface area contributed by atoms with E-state index >= 15 is 0 Å². The van der Waals surface area contributed by atoms with Crippen LogP contribution in [0.3, 0.4) is 0 Å². The molecule has 1 saturated heterocycles. The Labute approximate surface area is 107 Å². The molecule has 1 aliphatic rings. The lowest BCUT2D eigenvalue weighted by molar-refractivity contribution is -0.156. The maximum Gasteiger partial charge on any atom is 0.328 e. The average molecular weight is 256 g/mol. The van der Waals surface area contributed by atoms with Crippen molar-refractivity contribution in [1.82, 2.24) is 10.2 Å². The van der Waals surface area contributed by atoms with Crippen molar-refractivity contribution < 1.29 is 19.1 Å². The Bertz CT molecular complexity index is 330. The maximum absolute atomic E-state index is 11.9. The van der Waals surface area contributed by atoms with E-state index in [2.05, 4.69) is 5.32 Å². The number of amides is 2. The summed E-state index contributed by atoms with van der Waals surface area (Å²) in [6, 6.07) is -0.500. The van der Waals surface area contributed by atoms with E-state index in [9.17, 15) is 14.4 Å². The second kappa shape index (κ2) is 6.98. The highest BCUT2D eigenvalue weighted by molar-refractivity contribution is 5.88. The summed E-state index contributed by atoms with van der Waals surface area (Å²) in [7, 11) is 0. The minimum atomic E-state index is -0.500. The van der Waals surface area contributed by atoms with Gasteiger partial charge in [0.1, 0.15) is 6.04 Å². The molecule has 0 bridgehead atoms. The minimum absolute atomic E-state index is 0.0642. The van der Waals surface area contributed by atoms with Gasteiger partial charge < -0.3 is 15.0 Å². The zero-order valence-electron chi connectivity index (χ0n) is 10.9. The number of carbonyl (C=O) groups excluding carboxylic acids is 3. The van der Waals surface area contributed by atoms with Gasteiger partial charge in [0, 0.05) is 13.5 Å². The topological polar surface area (TPSA) is 75.7 Å². The Kier molecular flexibility index (Phi) is 5.61. The van der Waals surface area contributed by atoms with E-state index in [-0.39, 0.29) is 24.3 Å². The molecule has 1 heterocycles. The first-order chi connectivity index (χ1) is 8.56. The molecule has 1 rings (SSSR count). The van der Waals surface area contributed by atoms with Crippen molar-refractivity contribution in [1.29, 1.82) is 0 Å². The number of rotatable bonds is 4. The maximum atomic E-state index is 11.9. The fraction of sp³-hybridized carbons (Fsp3) is 0.750. The van der Waals surface area contributed by atoms with Gasteiger partial charge in [0.05, 0.1) is 13.2 Å². The van der Waals surface area contributed by atoms with Gasteiger partial charge in [-0.05, 0) is 26.2 Å². The number of likely N-dealkylation sites (tertiary alicyclic amines) is 1. The summed E-state index contributed by atoms with van der Waals surface area (Å²) < 4.78 is 4.97. The Balaban J connectivity index is 2.60. The molecule has 18 heavy (non-hydrogen) atoms. The van der Waals surface area contributed by atoms with E-state index in [4.69, 9.17) is 4.74 Å². The van der Waals surface area contributed by atoms with Crippen molar-refractivity contribution in [2.24, 2.45) is 0 Å². The van der Waals surface area contributed by atoms with Crippen LogP contribution in [0.5, 0.6) is 0 Å². The zero-order valence-corrected chi connectivity index (χ0v) is 10.9. The van der Waals surface area contributed by atoms with Crippen molar-refractivity contribution in [3.8, 4) is 0 Å². The van der Waals surface area contributed by atoms with Gasteiger partial charge in [-0.25, -0.2) is 4.79 Å². The van der Waals surface area contributed by atoms with E-state index in [1.807, 2.05) is 0 Å². The van der Waals surface area contributed by atoms with Gasteiger partial charge in [0.25, 0.3) is 0 Å². The van der Waals surface area contributed by atoms with E-state index in [1.54, 1.807) is 6.92 Å². The second-order valence-corrected chi connectivity index (χ2v) is 4.26. The van der Waals surface area contributed by atoms with Gasteiger partial charge in [0.2, 0.25) is 11.8 Å². The van der Waals surface area contributed by atoms with Crippen LogP contribution in [0.15, 0.2) is 0 Å². The van der Waals surface area contributed by atoms with Crippen molar-refractivity contribution in [3.05, 3.63) is 0 Å². The first-order valence-corrected chi connectivity index (χ1v) is 6.26. The van der Waals surface area contributed by atoms with Gasteiger partial charge in [-0.1, -0.05) is 0 Å². The monoisotopic (exact) mass is 256 g/mol. The third-order valence-corrected chi connectivity index (χ3v) is 2.87. The second-order valence-electron chi connectivity index (χ2n) is 4.26. The molecule has 1 aliphatic heterocycles. The van der Waals surface area contributed by atoms with Crippen LogP contribution in [0.25, 0.3) is 0 Å². The first kappa shape index (κ1) is 14.5. The number of piperidine rings is 1. The number of hydrogen-bond acceptors (Lipinski definition) is 4. The lowest BCUT2D eigenvalue weighted by Gasteiger charge is -2.34. The van der Waals surface area contributed by atoms with Crippen LogP contribution in [-0.4, -0.2) is 48.4 Å². The van der Waals surface area contributed by atoms with Crippen LogP contribution >= 0.6 is 0 Å². The molecule has 6 heteroatoms. The fourth-order valence-electron chi connectivity index (χ4n) is 2.02. The molecule has 1 fully saturated rings. The number of carbonyl (C=O) groups is 3. The van der Waals surface area contributed by atoms with Gasteiger partial charge >= 0.3 is 5.97 Å². The summed E-state index contributed by atoms with van der Waals surface area (Å²) in [5.41, 5.74) is 0. The molecule has 0 aromatic heterocycles. The minimum Gasteiger partial charge on any atom is -0.464 e. The molecule has 0 spiro atoms. The van der Waals surface area contributed by atoms with Crippen molar-refractivity contribution in [2.45, 2.75) is 39.2 Å². The Morgan fingerprint density at radius 1 is 1.33 bits per heavy atom. The normalized spacial score (nSPS) is 19.2. The van der Waals surface area contributed by atoms with Gasteiger partial charge in [-0.2, -0.15) is 0 Å². The molecule has 0 radical (unpaired) electrons. The van der Waals surface area contributed by atoms with E-state index in [0.717, 1.165) is 12.8 Å². The summed E-state index contributed by atoms with van der Waals surface area (Å²) in [5.74, 6) is -0.843. The molecule has 0 saturated carbocycles.